The van der Waals surface area contributed by atoms with Gasteiger partial charge in [0, 0.05) is 18.5 Å². The van der Waals surface area contributed by atoms with Crippen molar-refractivity contribution in [2.75, 3.05) is 0 Å². The lowest BCUT2D eigenvalue weighted by molar-refractivity contribution is 0.257. The van der Waals surface area contributed by atoms with Crippen LogP contribution in [0.4, 0.5) is 0 Å². The van der Waals surface area contributed by atoms with Crippen LogP contribution < -0.4 is 4.74 Å². The molecule has 0 saturated carbocycles. The second-order valence-electron chi connectivity index (χ2n) is 3.27. The fourth-order valence-corrected chi connectivity index (χ4v) is 1.41. The van der Waals surface area contributed by atoms with Crippen molar-refractivity contribution in [2.24, 2.45) is 0 Å². The molecule has 3 rings (SSSR count). The molecule has 16 heavy (non-hydrogen) atoms. The van der Waals surface area contributed by atoms with Gasteiger partial charge in [-0.25, -0.2) is 9.50 Å². The molecule has 0 aliphatic rings. The summed E-state index contributed by atoms with van der Waals surface area (Å²) in [7, 11) is 0. The number of ether oxygens (including phenoxy) is 1. The van der Waals surface area contributed by atoms with Crippen LogP contribution in [0.3, 0.4) is 0 Å². The van der Waals surface area contributed by atoms with Gasteiger partial charge in [0.15, 0.2) is 5.65 Å². The quantitative estimate of drug-likeness (QED) is 0.669. The van der Waals surface area contributed by atoms with Crippen molar-refractivity contribution in [3.05, 3.63) is 48.7 Å². The summed E-state index contributed by atoms with van der Waals surface area (Å²) in [5.74, 6) is 1.31. The van der Waals surface area contributed by atoms with Crippen molar-refractivity contribution >= 4 is 5.65 Å². The van der Waals surface area contributed by atoms with Gasteiger partial charge in [-0.05, 0) is 18.2 Å². The van der Waals surface area contributed by atoms with Crippen LogP contribution in [0.5, 0.6) is 5.88 Å². The lowest BCUT2D eigenvalue weighted by Crippen LogP contribution is -1.99. The normalized spacial score (nSPS) is 10.8. The van der Waals surface area contributed by atoms with Gasteiger partial charge in [0.2, 0.25) is 5.88 Å². The van der Waals surface area contributed by atoms with E-state index < -0.39 is 0 Å². The Hall–Kier alpha value is -2.30. The first-order valence-electron chi connectivity index (χ1n) is 4.87. The molecule has 0 amide bonds. The van der Waals surface area contributed by atoms with Gasteiger partial charge in [0.05, 0.1) is 6.26 Å². The molecule has 0 saturated heterocycles. The van der Waals surface area contributed by atoms with E-state index in [0.717, 1.165) is 11.4 Å². The molecular formula is C11H9N3O2. The largest absolute Gasteiger partial charge is 0.468 e. The molecule has 0 radical (unpaired) electrons. The monoisotopic (exact) mass is 215 g/mol. The standard InChI is InChI=1S/C11H9N3O2/c1-2-9(15-7-1)8-16-11-4-3-10-12-5-6-14(10)13-11/h1-7H,8H2. The molecule has 3 aromatic rings. The predicted octanol–water partition coefficient (Wildman–Crippen LogP) is 1.90. The molecule has 0 aliphatic carbocycles. The Morgan fingerprint density at radius 2 is 2.31 bits per heavy atom. The molecule has 0 N–H and O–H groups in total. The molecular weight excluding hydrogens is 206 g/mol. The molecule has 0 bridgehead atoms. The lowest BCUT2D eigenvalue weighted by Gasteiger charge is -2.02. The molecule has 0 unspecified atom stereocenters. The van der Waals surface area contributed by atoms with Crippen LogP contribution in [0.25, 0.3) is 5.65 Å². The minimum atomic E-state index is 0.375. The topological polar surface area (TPSA) is 52.6 Å². The highest BCUT2D eigenvalue weighted by molar-refractivity contribution is 5.37. The zero-order valence-corrected chi connectivity index (χ0v) is 8.41. The summed E-state index contributed by atoms with van der Waals surface area (Å²) in [5.41, 5.74) is 0.797. The molecule has 0 aromatic carbocycles. The van der Waals surface area contributed by atoms with Crippen molar-refractivity contribution in [1.29, 1.82) is 0 Å². The average Bonchev–Trinajstić information content (AvgIpc) is 2.97. The molecule has 5 nitrogen and oxygen atoms in total. The van der Waals surface area contributed by atoms with Gasteiger partial charge in [-0.2, -0.15) is 0 Å². The Labute approximate surface area is 91.3 Å². The van der Waals surface area contributed by atoms with E-state index in [2.05, 4.69) is 10.1 Å². The first kappa shape index (κ1) is 8.96. The van der Waals surface area contributed by atoms with E-state index in [1.807, 2.05) is 18.2 Å². The Morgan fingerprint density at radius 1 is 1.31 bits per heavy atom. The van der Waals surface area contributed by atoms with E-state index >= 15 is 0 Å². The summed E-state index contributed by atoms with van der Waals surface area (Å²) < 4.78 is 12.3. The Kier molecular flexibility index (Phi) is 2.07. The van der Waals surface area contributed by atoms with Crippen molar-refractivity contribution in [1.82, 2.24) is 14.6 Å². The maximum atomic E-state index is 5.47. The van der Waals surface area contributed by atoms with Gasteiger partial charge in [0.25, 0.3) is 0 Å². The highest BCUT2D eigenvalue weighted by Gasteiger charge is 2.01. The second-order valence-corrected chi connectivity index (χ2v) is 3.27. The summed E-state index contributed by atoms with van der Waals surface area (Å²) >= 11 is 0. The number of nitrogens with zero attached hydrogens (tertiary/aromatic N) is 3. The highest BCUT2D eigenvalue weighted by atomic mass is 16.5. The summed E-state index contributed by atoms with van der Waals surface area (Å²) in [5, 5.41) is 4.22. The van der Waals surface area contributed by atoms with E-state index in [4.69, 9.17) is 9.15 Å². The molecule has 3 heterocycles. The lowest BCUT2D eigenvalue weighted by atomic mass is 10.5. The number of imidazole rings is 1. The van der Waals surface area contributed by atoms with Crippen LogP contribution in [0.15, 0.2) is 47.3 Å². The van der Waals surface area contributed by atoms with Crippen molar-refractivity contribution in [3.8, 4) is 5.88 Å². The molecule has 0 spiro atoms. The minimum absolute atomic E-state index is 0.375. The van der Waals surface area contributed by atoms with Gasteiger partial charge in [-0.15, -0.1) is 5.10 Å². The van der Waals surface area contributed by atoms with Gasteiger partial charge in [-0.3, -0.25) is 0 Å². The van der Waals surface area contributed by atoms with Crippen LogP contribution >= 0.6 is 0 Å². The summed E-state index contributed by atoms with van der Waals surface area (Å²) in [4.78, 5) is 4.10. The molecule has 5 heteroatoms. The van der Waals surface area contributed by atoms with E-state index in [0.29, 0.717) is 12.5 Å². The van der Waals surface area contributed by atoms with Crippen LogP contribution in [0.1, 0.15) is 5.76 Å². The van der Waals surface area contributed by atoms with Crippen LogP contribution in [0, 0.1) is 0 Å². The van der Waals surface area contributed by atoms with Gasteiger partial charge in [0.1, 0.15) is 12.4 Å². The fraction of sp³-hybridized carbons (Fsp3) is 0.0909. The number of fused-ring (bicyclic) bond motifs is 1. The van der Waals surface area contributed by atoms with Crippen LogP contribution in [-0.2, 0) is 6.61 Å². The number of hydrogen-bond donors (Lipinski definition) is 0. The zero-order valence-electron chi connectivity index (χ0n) is 8.41. The van der Waals surface area contributed by atoms with Gasteiger partial charge < -0.3 is 9.15 Å². The van der Waals surface area contributed by atoms with Crippen molar-refractivity contribution < 1.29 is 9.15 Å². The highest BCUT2D eigenvalue weighted by Crippen LogP contribution is 2.10. The summed E-state index contributed by atoms with van der Waals surface area (Å²) in [6.07, 6.45) is 5.08. The first-order chi connectivity index (χ1) is 7.92. The van der Waals surface area contributed by atoms with Crippen LogP contribution in [-0.4, -0.2) is 14.6 Å². The van der Waals surface area contributed by atoms with Crippen molar-refractivity contribution in [3.63, 3.8) is 0 Å². The third-order valence-electron chi connectivity index (χ3n) is 2.17. The van der Waals surface area contributed by atoms with Gasteiger partial charge in [-0.1, -0.05) is 0 Å². The summed E-state index contributed by atoms with van der Waals surface area (Å²) in [6.45, 7) is 0.375. The second kappa shape index (κ2) is 3.69. The number of aromatic nitrogens is 3. The minimum Gasteiger partial charge on any atom is -0.468 e. The van der Waals surface area contributed by atoms with E-state index in [1.165, 1.54) is 0 Å². The van der Waals surface area contributed by atoms with E-state index in [-0.39, 0.29) is 0 Å². The first-order valence-corrected chi connectivity index (χ1v) is 4.87. The fourth-order valence-electron chi connectivity index (χ4n) is 1.41. The third kappa shape index (κ3) is 1.63. The Morgan fingerprint density at radius 3 is 3.19 bits per heavy atom. The Balaban J connectivity index is 1.78. The smallest absolute Gasteiger partial charge is 0.232 e. The maximum Gasteiger partial charge on any atom is 0.232 e. The summed E-state index contributed by atoms with van der Waals surface area (Å²) in [6, 6.07) is 7.32. The maximum absolute atomic E-state index is 5.47. The molecule has 0 fully saturated rings. The SMILES string of the molecule is c1coc(COc2ccc3nccn3n2)c1. The van der Waals surface area contributed by atoms with Crippen molar-refractivity contribution in [2.45, 2.75) is 6.61 Å². The zero-order chi connectivity index (χ0) is 10.8. The number of rotatable bonds is 3. The molecule has 3 aromatic heterocycles. The Bertz CT molecular complexity index is 586. The number of hydrogen-bond acceptors (Lipinski definition) is 4. The van der Waals surface area contributed by atoms with E-state index in [1.54, 1.807) is 29.2 Å². The third-order valence-corrected chi connectivity index (χ3v) is 2.17. The molecule has 0 aliphatic heterocycles. The average molecular weight is 215 g/mol. The van der Waals surface area contributed by atoms with Gasteiger partial charge >= 0.3 is 0 Å². The molecule has 0 atom stereocenters. The number of furan rings is 1. The van der Waals surface area contributed by atoms with E-state index in [9.17, 15) is 0 Å². The predicted molar refractivity (Wildman–Crippen MR) is 56.0 cm³/mol. The van der Waals surface area contributed by atoms with Crippen LogP contribution in [0.2, 0.25) is 0 Å². The molecule has 80 valence electrons.